The van der Waals surface area contributed by atoms with Crippen molar-refractivity contribution in [1.82, 2.24) is 4.98 Å². The van der Waals surface area contributed by atoms with Crippen molar-refractivity contribution in [3.63, 3.8) is 0 Å². The van der Waals surface area contributed by atoms with Gasteiger partial charge in [0.1, 0.15) is 10.4 Å². The number of aromatic nitrogens is 1. The monoisotopic (exact) mass is 300 g/mol. The van der Waals surface area contributed by atoms with E-state index in [1.165, 1.54) is 17.0 Å². The average molecular weight is 301 g/mol. The lowest BCUT2D eigenvalue weighted by molar-refractivity contribution is -0.120. The van der Waals surface area contributed by atoms with Crippen LogP contribution >= 0.6 is 15.9 Å². The van der Waals surface area contributed by atoms with E-state index in [2.05, 4.69) is 20.9 Å². The molecular weight excluding hydrogens is 291 g/mol. The molecule has 1 aromatic rings. The fraction of sp³-hybridized carbons (Fsp3) is 0.364. The molecule has 4 nitrogen and oxygen atoms in total. The van der Waals surface area contributed by atoms with Gasteiger partial charge in [-0.2, -0.15) is 0 Å². The van der Waals surface area contributed by atoms with E-state index in [9.17, 15) is 14.0 Å². The minimum atomic E-state index is -0.506. The highest BCUT2D eigenvalue weighted by molar-refractivity contribution is 9.10. The average Bonchev–Trinajstić information content (AvgIpc) is 3.13. The lowest BCUT2D eigenvalue weighted by Crippen LogP contribution is -2.30. The summed E-state index contributed by atoms with van der Waals surface area (Å²) < 4.78 is 13.0. The Morgan fingerprint density at radius 2 is 2.29 bits per heavy atom. The van der Waals surface area contributed by atoms with Gasteiger partial charge in [0.05, 0.1) is 6.54 Å². The smallest absolute Gasteiger partial charge is 0.215 e. The molecule has 0 atom stereocenters. The number of halogens is 2. The first-order valence-corrected chi connectivity index (χ1v) is 5.98. The molecular formula is C11H10BrFN2O2. The summed E-state index contributed by atoms with van der Waals surface area (Å²) in [5.41, 5.74) is 0. The standard InChI is InChI=1S/C11H10BrFN2O2/c12-11-8(13)3-4-10(14-11)15(6-16)5-9(17)7-1-2-7/h3-4,6-7H,1-2,5H2. The quantitative estimate of drug-likeness (QED) is 0.617. The van der Waals surface area contributed by atoms with Gasteiger partial charge in [-0.15, -0.1) is 0 Å². The second-order valence-electron chi connectivity index (χ2n) is 3.92. The van der Waals surface area contributed by atoms with E-state index in [1.807, 2.05) is 0 Å². The minimum Gasteiger partial charge on any atom is -0.297 e. The predicted octanol–water partition coefficient (Wildman–Crippen LogP) is 1.93. The molecule has 0 unspecified atom stereocenters. The van der Waals surface area contributed by atoms with E-state index < -0.39 is 5.82 Å². The summed E-state index contributed by atoms with van der Waals surface area (Å²) >= 11 is 2.94. The van der Waals surface area contributed by atoms with Crippen LogP contribution in [-0.2, 0) is 9.59 Å². The van der Waals surface area contributed by atoms with Crippen LogP contribution in [-0.4, -0.2) is 23.7 Å². The lowest BCUT2D eigenvalue weighted by atomic mass is 10.2. The summed E-state index contributed by atoms with van der Waals surface area (Å²) in [6.07, 6.45) is 2.32. The largest absolute Gasteiger partial charge is 0.297 e. The molecule has 1 aliphatic rings. The lowest BCUT2D eigenvalue weighted by Gasteiger charge is -2.15. The molecule has 1 amide bonds. The van der Waals surface area contributed by atoms with Crippen molar-refractivity contribution in [2.75, 3.05) is 11.4 Å². The number of hydrogen-bond acceptors (Lipinski definition) is 3. The highest BCUT2D eigenvalue weighted by Gasteiger charge is 2.30. The SMILES string of the molecule is O=CN(CC(=O)C1CC1)c1ccc(F)c(Br)n1. The third kappa shape index (κ3) is 2.88. The summed E-state index contributed by atoms with van der Waals surface area (Å²) in [5, 5.41) is 0. The number of carbonyl (C=O) groups is 2. The van der Waals surface area contributed by atoms with Crippen LogP contribution in [0.4, 0.5) is 10.2 Å². The maximum Gasteiger partial charge on any atom is 0.215 e. The number of Topliss-reactive ketones (excluding diaryl/α,β-unsaturated/α-hetero) is 1. The van der Waals surface area contributed by atoms with Crippen molar-refractivity contribution < 1.29 is 14.0 Å². The summed E-state index contributed by atoms with van der Waals surface area (Å²) in [6.45, 7) is -0.000755. The molecule has 1 heterocycles. The van der Waals surface area contributed by atoms with Crippen LogP contribution in [0.5, 0.6) is 0 Å². The number of hydrogen-bond donors (Lipinski definition) is 0. The van der Waals surface area contributed by atoms with E-state index >= 15 is 0 Å². The minimum absolute atomic E-state index is 0.000755. The Morgan fingerprint density at radius 3 is 2.82 bits per heavy atom. The van der Waals surface area contributed by atoms with Gasteiger partial charge >= 0.3 is 0 Å². The van der Waals surface area contributed by atoms with Crippen LogP contribution in [0.3, 0.4) is 0 Å². The van der Waals surface area contributed by atoms with Crippen molar-refractivity contribution in [3.8, 4) is 0 Å². The van der Waals surface area contributed by atoms with Crippen molar-refractivity contribution in [3.05, 3.63) is 22.6 Å². The molecule has 2 rings (SSSR count). The third-order valence-electron chi connectivity index (χ3n) is 2.57. The Labute approximate surface area is 106 Å². The van der Waals surface area contributed by atoms with E-state index in [4.69, 9.17) is 0 Å². The van der Waals surface area contributed by atoms with Crippen LogP contribution in [0, 0.1) is 11.7 Å². The number of carbonyl (C=O) groups excluding carboxylic acids is 2. The first-order chi connectivity index (χ1) is 8.11. The Bertz CT molecular complexity index is 463. The van der Waals surface area contributed by atoms with E-state index in [0.717, 1.165) is 12.8 Å². The van der Waals surface area contributed by atoms with Crippen LogP contribution in [0.1, 0.15) is 12.8 Å². The van der Waals surface area contributed by atoms with Crippen molar-refractivity contribution in [1.29, 1.82) is 0 Å². The topological polar surface area (TPSA) is 50.3 Å². The van der Waals surface area contributed by atoms with Gasteiger partial charge in [-0.05, 0) is 40.9 Å². The van der Waals surface area contributed by atoms with Crippen molar-refractivity contribution >= 4 is 33.9 Å². The molecule has 0 aromatic carbocycles. The Hall–Kier alpha value is -1.30. The summed E-state index contributed by atoms with van der Waals surface area (Å²) in [4.78, 5) is 27.5. The molecule has 1 fully saturated rings. The van der Waals surface area contributed by atoms with Gasteiger partial charge in [-0.1, -0.05) is 0 Å². The highest BCUT2D eigenvalue weighted by Crippen LogP contribution is 2.30. The number of amides is 1. The molecule has 1 saturated carbocycles. The predicted molar refractivity (Wildman–Crippen MR) is 63.0 cm³/mol. The van der Waals surface area contributed by atoms with Gasteiger partial charge in [-0.3, -0.25) is 14.5 Å². The van der Waals surface area contributed by atoms with Gasteiger partial charge in [0.25, 0.3) is 0 Å². The molecule has 0 bridgehead atoms. The second-order valence-corrected chi connectivity index (χ2v) is 4.67. The van der Waals surface area contributed by atoms with Crippen molar-refractivity contribution in [2.24, 2.45) is 5.92 Å². The Kier molecular flexibility index (Phi) is 3.51. The van der Waals surface area contributed by atoms with Crippen molar-refractivity contribution in [2.45, 2.75) is 12.8 Å². The first kappa shape index (κ1) is 12.2. The van der Waals surface area contributed by atoms with E-state index in [0.29, 0.717) is 6.41 Å². The second kappa shape index (κ2) is 4.91. The fourth-order valence-corrected chi connectivity index (χ4v) is 1.76. The molecule has 0 spiro atoms. The zero-order valence-electron chi connectivity index (χ0n) is 8.90. The molecule has 1 aromatic heterocycles. The molecule has 0 N–H and O–H groups in total. The normalized spacial score (nSPS) is 14.5. The molecule has 0 aliphatic heterocycles. The van der Waals surface area contributed by atoms with E-state index in [-0.39, 0.29) is 28.7 Å². The Balaban J connectivity index is 2.13. The van der Waals surface area contributed by atoms with Gasteiger partial charge in [0.2, 0.25) is 6.41 Å². The summed E-state index contributed by atoms with van der Waals surface area (Å²) in [5.74, 6) is -0.129. The molecule has 90 valence electrons. The molecule has 1 aliphatic carbocycles. The Morgan fingerprint density at radius 1 is 1.59 bits per heavy atom. The van der Waals surface area contributed by atoms with Gasteiger partial charge in [0, 0.05) is 5.92 Å². The molecule has 6 heteroatoms. The third-order valence-corrected chi connectivity index (χ3v) is 3.13. The zero-order valence-corrected chi connectivity index (χ0v) is 10.5. The van der Waals surface area contributed by atoms with E-state index in [1.54, 1.807) is 0 Å². The maximum atomic E-state index is 13.0. The van der Waals surface area contributed by atoms with Gasteiger partial charge in [-0.25, -0.2) is 9.37 Å². The molecule has 0 radical (unpaired) electrons. The van der Waals surface area contributed by atoms with Crippen LogP contribution in [0.15, 0.2) is 16.7 Å². The van der Waals surface area contributed by atoms with Crippen LogP contribution in [0.2, 0.25) is 0 Å². The van der Waals surface area contributed by atoms with Gasteiger partial charge in [0.15, 0.2) is 11.6 Å². The summed E-state index contributed by atoms with van der Waals surface area (Å²) in [6, 6.07) is 2.57. The number of rotatable bonds is 5. The van der Waals surface area contributed by atoms with Crippen LogP contribution in [0.25, 0.3) is 0 Å². The maximum absolute atomic E-state index is 13.0. The number of pyridine rings is 1. The summed E-state index contributed by atoms with van der Waals surface area (Å²) in [7, 11) is 0. The number of nitrogens with zero attached hydrogens (tertiary/aromatic N) is 2. The number of anilines is 1. The molecule has 17 heavy (non-hydrogen) atoms. The molecule has 0 saturated heterocycles. The first-order valence-electron chi connectivity index (χ1n) is 5.18. The number of ketones is 1. The zero-order chi connectivity index (χ0) is 12.4. The fourth-order valence-electron chi connectivity index (χ4n) is 1.44. The van der Waals surface area contributed by atoms with Gasteiger partial charge < -0.3 is 0 Å². The van der Waals surface area contributed by atoms with Crippen LogP contribution < -0.4 is 4.90 Å². The highest BCUT2D eigenvalue weighted by atomic mass is 79.9.